The number of aromatic nitrogens is 1. The summed E-state index contributed by atoms with van der Waals surface area (Å²) in [7, 11) is 0. The van der Waals surface area contributed by atoms with Crippen molar-refractivity contribution in [1.82, 2.24) is 4.98 Å². The van der Waals surface area contributed by atoms with E-state index in [2.05, 4.69) is 10.1 Å². The normalized spacial score (nSPS) is 11.1. The van der Waals surface area contributed by atoms with Crippen LogP contribution in [-0.4, -0.2) is 10.7 Å². The highest BCUT2D eigenvalue weighted by Crippen LogP contribution is 2.13. The number of rotatable bonds is 4. The molecule has 21 heavy (non-hydrogen) atoms. The standard InChI is InChI=1S/C18H14N2O/c1-3-7-15(8-4-1)18(16-11-13-19-14-12-16)20-21-17-9-5-2-6-10-17/h1-14H/b20-18-. The highest BCUT2D eigenvalue weighted by Gasteiger charge is 2.07. The summed E-state index contributed by atoms with van der Waals surface area (Å²) in [6, 6.07) is 23.3. The van der Waals surface area contributed by atoms with Crippen molar-refractivity contribution in [2.24, 2.45) is 5.16 Å². The van der Waals surface area contributed by atoms with Gasteiger partial charge in [0.1, 0.15) is 5.71 Å². The molecule has 0 radical (unpaired) electrons. The van der Waals surface area contributed by atoms with E-state index in [0.717, 1.165) is 16.8 Å². The van der Waals surface area contributed by atoms with Crippen LogP contribution in [0.5, 0.6) is 5.75 Å². The fourth-order valence-electron chi connectivity index (χ4n) is 1.96. The lowest BCUT2D eigenvalue weighted by Crippen LogP contribution is -2.05. The lowest BCUT2D eigenvalue weighted by Gasteiger charge is -2.07. The summed E-state index contributed by atoms with van der Waals surface area (Å²) in [5.74, 6) is 0.708. The van der Waals surface area contributed by atoms with Crippen LogP contribution in [0.1, 0.15) is 11.1 Å². The maximum atomic E-state index is 5.54. The van der Waals surface area contributed by atoms with Gasteiger partial charge in [-0.2, -0.15) is 0 Å². The molecule has 0 atom stereocenters. The molecule has 0 aliphatic carbocycles. The Labute approximate surface area is 123 Å². The van der Waals surface area contributed by atoms with Crippen molar-refractivity contribution in [1.29, 1.82) is 0 Å². The van der Waals surface area contributed by atoms with Gasteiger partial charge in [0.15, 0.2) is 5.75 Å². The molecule has 3 heteroatoms. The van der Waals surface area contributed by atoms with Gasteiger partial charge in [0.05, 0.1) is 0 Å². The molecule has 0 bridgehead atoms. The maximum absolute atomic E-state index is 5.54. The van der Waals surface area contributed by atoms with Crippen LogP contribution in [0.15, 0.2) is 90.3 Å². The third kappa shape index (κ3) is 3.34. The lowest BCUT2D eigenvalue weighted by molar-refractivity contribution is 0.342. The van der Waals surface area contributed by atoms with Crippen molar-refractivity contribution in [2.75, 3.05) is 0 Å². The third-order valence-corrected chi connectivity index (χ3v) is 2.99. The highest BCUT2D eigenvalue weighted by molar-refractivity contribution is 6.12. The monoisotopic (exact) mass is 274 g/mol. The van der Waals surface area contributed by atoms with E-state index >= 15 is 0 Å². The van der Waals surface area contributed by atoms with Crippen molar-refractivity contribution in [3.63, 3.8) is 0 Å². The molecule has 0 unspecified atom stereocenters. The molecule has 0 spiro atoms. The topological polar surface area (TPSA) is 34.5 Å². The van der Waals surface area contributed by atoms with Gasteiger partial charge in [-0.3, -0.25) is 4.98 Å². The molecule has 1 heterocycles. The number of para-hydroxylation sites is 1. The fourth-order valence-corrected chi connectivity index (χ4v) is 1.96. The molecule has 0 fully saturated rings. The molecule has 3 nitrogen and oxygen atoms in total. The molecule has 0 N–H and O–H groups in total. The van der Waals surface area contributed by atoms with E-state index in [1.165, 1.54) is 0 Å². The summed E-state index contributed by atoms with van der Waals surface area (Å²) in [6.45, 7) is 0. The van der Waals surface area contributed by atoms with Crippen LogP contribution in [0.3, 0.4) is 0 Å². The van der Waals surface area contributed by atoms with Crippen molar-refractivity contribution in [2.45, 2.75) is 0 Å². The Morgan fingerprint density at radius 3 is 1.95 bits per heavy atom. The van der Waals surface area contributed by atoms with Gasteiger partial charge in [-0.25, -0.2) is 0 Å². The average molecular weight is 274 g/mol. The summed E-state index contributed by atoms with van der Waals surface area (Å²) in [4.78, 5) is 9.59. The van der Waals surface area contributed by atoms with Crippen LogP contribution >= 0.6 is 0 Å². The minimum absolute atomic E-state index is 0.708. The summed E-state index contributed by atoms with van der Waals surface area (Å²) in [5.41, 5.74) is 2.74. The minimum atomic E-state index is 0.708. The molecular formula is C18H14N2O. The number of hydrogen-bond donors (Lipinski definition) is 0. The molecule has 0 aliphatic rings. The predicted octanol–water partition coefficient (Wildman–Crippen LogP) is 3.91. The Morgan fingerprint density at radius 2 is 1.29 bits per heavy atom. The Bertz CT molecular complexity index is 668. The van der Waals surface area contributed by atoms with Crippen LogP contribution < -0.4 is 4.84 Å². The number of benzene rings is 2. The molecule has 102 valence electrons. The zero-order chi connectivity index (χ0) is 14.3. The predicted molar refractivity (Wildman–Crippen MR) is 83.4 cm³/mol. The van der Waals surface area contributed by atoms with E-state index in [0.29, 0.717) is 5.75 Å². The number of pyridine rings is 1. The van der Waals surface area contributed by atoms with E-state index in [-0.39, 0.29) is 0 Å². The van der Waals surface area contributed by atoms with E-state index in [9.17, 15) is 0 Å². The van der Waals surface area contributed by atoms with Crippen molar-refractivity contribution >= 4 is 5.71 Å². The van der Waals surface area contributed by atoms with Gasteiger partial charge in [0, 0.05) is 23.5 Å². The van der Waals surface area contributed by atoms with Gasteiger partial charge >= 0.3 is 0 Å². The molecular weight excluding hydrogens is 260 g/mol. The van der Waals surface area contributed by atoms with Gasteiger partial charge in [0.2, 0.25) is 0 Å². The van der Waals surface area contributed by atoms with Gasteiger partial charge in [-0.15, -0.1) is 0 Å². The summed E-state index contributed by atoms with van der Waals surface area (Å²) < 4.78 is 0. The maximum Gasteiger partial charge on any atom is 0.157 e. The summed E-state index contributed by atoms with van der Waals surface area (Å²) >= 11 is 0. The Kier molecular flexibility index (Phi) is 4.03. The zero-order valence-corrected chi connectivity index (χ0v) is 11.4. The van der Waals surface area contributed by atoms with Crippen LogP contribution in [0, 0.1) is 0 Å². The molecule has 0 aliphatic heterocycles. The second-order valence-corrected chi connectivity index (χ2v) is 4.45. The summed E-state index contributed by atoms with van der Waals surface area (Å²) in [6.07, 6.45) is 3.49. The number of oxime groups is 1. The quantitative estimate of drug-likeness (QED) is 0.534. The first-order valence-corrected chi connectivity index (χ1v) is 6.69. The van der Waals surface area contributed by atoms with E-state index in [4.69, 9.17) is 4.84 Å². The molecule has 0 amide bonds. The largest absolute Gasteiger partial charge is 0.356 e. The molecule has 2 aromatic carbocycles. The van der Waals surface area contributed by atoms with Gasteiger partial charge in [-0.1, -0.05) is 53.7 Å². The first-order valence-electron chi connectivity index (χ1n) is 6.69. The Morgan fingerprint density at radius 1 is 0.714 bits per heavy atom. The first kappa shape index (κ1) is 13.1. The van der Waals surface area contributed by atoms with Gasteiger partial charge < -0.3 is 4.84 Å². The van der Waals surface area contributed by atoms with Crippen LogP contribution in [0.4, 0.5) is 0 Å². The Balaban J connectivity index is 1.97. The van der Waals surface area contributed by atoms with Crippen LogP contribution in [-0.2, 0) is 0 Å². The van der Waals surface area contributed by atoms with E-state index in [1.54, 1.807) is 12.4 Å². The fraction of sp³-hybridized carbons (Fsp3) is 0. The second kappa shape index (κ2) is 6.48. The first-order chi connectivity index (χ1) is 10.4. The number of hydrogen-bond acceptors (Lipinski definition) is 3. The smallest absolute Gasteiger partial charge is 0.157 e. The Hall–Kier alpha value is -2.94. The van der Waals surface area contributed by atoms with Crippen LogP contribution in [0.25, 0.3) is 0 Å². The third-order valence-electron chi connectivity index (χ3n) is 2.99. The van der Waals surface area contributed by atoms with Crippen molar-refractivity contribution < 1.29 is 4.84 Å². The van der Waals surface area contributed by atoms with Crippen molar-refractivity contribution in [3.05, 3.63) is 96.3 Å². The lowest BCUT2D eigenvalue weighted by atomic mass is 10.0. The van der Waals surface area contributed by atoms with Gasteiger partial charge in [0.25, 0.3) is 0 Å². The SMILES string of the molecule is c1ccc(O/N=C(/c2ccccc2)c2ccncc2)cc1. The second-order valence-electron chi connectivity index (χ2n) is 4.45. The molecule has 1 aromatic heterocycles. The van der Waals surface area contributed by atoms with Crippen molar-refractivity contribution in [3.8, 4) is 5.75 Å². The molecule has 0 saturated carbocycles. The molecule has 0 saturated heterocycles. The molecule has 3 aromatic rings. The highest BCUT2D eigenvalue weighted by atomic mass is 16.6. The zero-order valence-electron chi connectivity index (χ0n) is 11.4. The number of nitrogens with zero attached hydrogens (tertiary/aromatic N) is 2. The molecule has 3 rings (SSSR count). The minimum Gasteiger partial charge on any atom is -0.356 e. The average Bonchev–Trinajstić information content (AvgIpc) is 2.58. The van der Waals surface area contributed by atoms with E-state index < -0.39 is 0 Å². The summed E-state index contributed by atoms with van der Waals surface area (Å²) in [5, 5.41) is 4.32. The van der Waals surface area contributed by atoms with Crippen LogP contribution in [0.2, 0.25) is 0 Å². The van der Waals surface area contributed by atoms with Gasteiger partial charge in [-0.05, 0) is 24.3 Å². The van der Waals surface area contributed by atoms with E-state index in [1.807, 2.05) is 72.8 Å².